The van der Waals surface area contributed by atoms with Crippen LogP contribution in [0.3, 0.4) is 0 Å². The van der Waals surface area contributed by atoms with Gasteiger partial charge in [0.1, 0.15) is 18.1 Å². The molecule has 3 amide bonds. The Morgan fingerprint density at radius 1 is 1.08 bits per heavy atom. The first-order chi connectivity index (χ1) is 18.6. The molecule has 13 heteroatoms. The van der Waals surface area contributed by atoms with Crippen molar-refractivity contribution in [1.82, 2.24) is 20.5 Å². The number of carboxylic acid groups (broad SMARTS) is 2. The topological polar surface area (TPSA) is 221 Å². The molecule has 13 nitrogen and oxygen atoms in total. The van der Waals surface area contributed by atoms with Crippen LogP contribution in [0, 0.1) is 0 Å². The predicted octanol–water partition coefficient (Wildman–Crippen LogP) is -0.313. The van der Waals surface area contributed by atoms with Crippen molar-refractivity contribution in [3.8, 4) is 0 Å². The van der Waals surface area contributed by atoms with E-state index in [0.29, 0.717) is 50.8 Å². The molecule has 2 heterocycles. The quantitative estimate of drug-likeness (QED) is 0.155. The highest BCUT2D eigenvalue weighted by molar-refractivity contribution is 5.96. The molecule has 3 rings (SSSR count). The normalized spacial score (nSPS) is 17.4. The molecule has 0 saturated carbocycles. The maximum Gasteiger partial charge on any atom is 0.326 e. The van der Waals surface area contributed by atoms with Crippen LogP contribution >= 0.6 is 0 Å². The number of nitrogens with zero attached hydrogens (tertiary/aromatic N) is 1. The molecule has 0 aliphatic carbocycles. The maximum absolute atomic E-state index is 13.1. The van der Waals surface area contributed by atoms with Crippen LogP contribution in [-0.2, 0) is 30.4 Å². The van der Waals surface area contributed by atoms with Crippen molar-refractivity contribution < 1.29 is 34.2 Å². The van der Waals surface area contributed by atoms with E-state index in [1.807, 2.05) is 18.2 Å². The van der Waals surface area contributed by atoms with Gasteiger partial charge in [-0.05, 0) is 43.9 Å². The van der Waals surface area contributed by atoms with Crippen LogP contribution in [0.1, 0.15) is 44.1 Å². The first kappa shape index (κ1) is 29.6. The fourth-order valence-corrected chi connectivity index (χ4v) is 4.79. The van der Waals surface area contributed by atoms with E-state index in [2.05, 4.69) is 15.6 Å². The van der Waals surface area contributed by atoms with Crippen molar-refractivity contribution in [3.05, 3.63) is 36.0 Å². The first-order valence-corrected chi connectivity index (χ1v) is 13.0. The number of amides is 3. The highest BCUT2D eigenvalue weighted by Gasteiger charge is 2.38. The van der Waals surface area contributed by atoms with Gasteiger partial charge < -0.3 is 42.2 Å². The minimum atomic E-state index is -1.55. The molecule has 1 saturated heterocycles. The minimum absolute atomic E-state index is 0.0637. The number of nitrogens with two attached hydrogens (primary N) is 2. The van der Waals surface area contributed by atoms with Crippen molar-refractivity contribution in [1.29, 1.82) is 0 Å². The number of aliphatic carboxylic acids is 2. The van der Waals surface area contributed by atoms with Crippen LogP contribution in [0.25, 0.3) is 10.9 Å². The number of H-pyrrole nitrogens is 1. The number of carbonyl (C=O) groups is 5. The lowest BCUT2D eigenvalue weighted by molar-refractivity contribution is -0.144. The fraction of sp³-hybridized carbons (Fsp3) is 0.500. The van der Waals surface area contributed by atoms with Crippen LogP contribution in [0.15, 0.2) is 30.5 Å². The molecule has 0 spiro atoms. The second-order valence-electron chi connectivity index (χ2n) is 9.70. The van der Waals surface area contributed by atoms with Crippen molar-refractivity contribution in [2.75, 3.05) is 13.1 Å². The van der Waals surface area contributed by atoms with E-state index in [1.165, 1.54) is 4.90 Å². The molecule has 0 radical (unpaired) electrons. The van der Waals surface area contributed by atoms with Gasteiger partial charge in [-0.2, -0.15) is 0 Å². The fourth-order valence-electron chi connectivity index (χ4n) is 4.79. The van der Waals surface area contributed by atoms with Crippen molar-refractivity contribution in [2.24, 2.45) is 11.5 Å². The second kappa shape index (κ2) is 13.7. The van der Waals surface area contributed by atoms with E-state index in [4.69, 9.17) is 11.5 Å². The number of nitrogens with one attached hydrogen (secondary N) is 3. The summed E-state index contributed by atoms with van der Waals surface area (Å²) in [6.45, 7) is 0.788. The van der Waals surface area contributed by atoms with Crippen LogP contribution in [0.4, 0.5) is 0 Å². The third-order valence-electron chi connectivity index (χ3n) is 6.85. The number of carboxylic acids is 2. The van der Waals surface area contributed by atoms with Crippen molar-refractivity contribution in [2.45, 2.75) is 69.1 Å². The zero-order valence-corrected chi connectivity index (χ0v) is 21.6. The molecule has 0 bridgehead atoms. The Morgan fingerprint density at radius 2 is 1.82 bits per heavy atom. The molecule has 1 aromatic heterocycles. The van der Waals surface area contributed by atoms with Gasteiger partial charge in [-0.15, -0.1) is 0 Å². The van der Waals surface area contributed by atoms with Crippen molar-refractivity contribution in [3.63, 3.8) is 0 Å². The monoisotopic (exact) mass is 544 g/mol. The van der Waals surface area contributed by atoms with E-state index >= 15 is 0 Å². The van der Waals surface area contributed by atoms with Gasteiger partial charge >= 0.3 is 11.9 Å². The number of fused-ring (bicyclic) bond motifs is 1. The molecule has 4 atom stereocenters. The molecule has 2 aromatic rings. The van der Waals surface area contributed by atoms with E-state index in [1.54, 1.807) is 12.3 Å². The van der Waals surface area contributed by atoms with Gasteiger partial charge in [-0.25, -0.2) is 4.79 Å². The molecule has 39 heavy (non-hydrogen) atoms. The smallest absolute Gasteiger partial charge is 0.326 e. The van der Waals surface area contributed by atoms with Gasteiger partial charge in [0.2, 0.25) is 17.7 Å². The Kier molecular flexibility index (Phi) is 10.4. The molecule has 1 fully saturated rings. The minimum Gasteiger partial charge on any atom is -0.481 e. The predicted molar refractivity (Wildman–Crippen MR) is 141 cm³/mol. The summed E-state index contributed by atoms with van der Waals surface area (Å²) in [6.07, 6.45) is 3.48. The van der Waals surface area contributed by atoms with Crippen LogP contribution < -0.4 is 22.1 Å². The largest absolute Gasteiger partial charge is 0.481 e. The number of benzene rings is 1. The first-order valence-electron chi connectivity index (χ1n) is 13.0. The third kappa shape index (κ3) is 7.77. The highest BCUT2D eigenvalue weighted by atomic mass is 16.4. The molecular formula is C26H36N6O7. The Balaban J connectivity index is 1.68. The number of aromatic amines is 1. The summed E-state index contributed by atoms with van der Waals surface area (Å²) in [5.74, 6) is -4.72. The van der Waals surface area contributed by atoms with Crippen LogP contribution in [0.2, 0.25) is 0 Å². The van der Waals surface area contributed by atoms with E-state index in [-0.39, 0.29) is 6.42 Å². The van der Waals surface area contributed by atoms with Crippen molar-refractivity contribution >= 4 is 40.6 Å². The lowest BCUT2D eigenvalue weighted by Gasteiger charge is -2.28. The van der Waals surface area contributed by atoms with Gasteiger partial charge in [0, 0.05) is 30.1 Å². The number of aromatic nitrogens is 1. The van der Waals surface area contributed by atoms with Gasteiger partial charge in [0.25, 0.3) is 0 Å². The number of hydrogen-bond donors (Lipinski definition) is 7. The summed E-state index contributed by atoms with van der Waals surface area (Å²) in [4.78, 5) is 66.8. The van der Waals surface area contributed by atoms with Gasteiger partial charge in [-0.3, -0.25) is 19.2 Å². The number of para-hydroxylation sites is 1. The number of unbranched alkanes of at least 4 members (excludes halogenated alkanes) is 1. The SMILES string of the molecule is NCCCCC(N)C(=O)N1CCCC1C(=O)NC(CC(=O)O)C(=O)NC(Cc1c[nH]c2ccccc12)C(=O)O. The third-order valence-corrected chi connectivity index (χ3v) is 6.85. The summed E-state index contributed by atoms with van der Waals surface area (Å²) in [5, 5.41) is 24.7. The Morgan fingerprint density at radius 3 is 2.51 bits per heavy atom. The molecular weight excluding hydrogens is 508 g/mol. The van der Waals surface area contributed by atoms with Gasteiger partial charge in [0.15, 0.2) is 0 Å². The Bertz CT molecular complexity index is 1200. The van der Waals surface area contributed by atoms with Crippen LogP contribution in [-0.4, -0.2) is 87.0 Å². The van der Waals surface area contributed by atoms with Crippen LogP contribution in [0.5, 0.6) is 0 Å². The standard InChI is InChI=1S/C26H36N6O7/c27-10-4-3-7-17(28)25(37)32-11-5-9-21(32)24(36)30-19(13-22(33)34)23(35)31-20(26(38)39)12-15-14-29-18-8-2-1-6-16(15)18/h1-2,6,8,14,17,19-21,29H,3-5,7,9-13,27-28H2,(H,30,36)(H,31,35)(H,33,34)(H,38,39). The lowest BCUT2D eigenvalue weighted by atomic mass is 10.0. The van der Waals surface area contributed by atoms with E-state index < -0.39 is 60.2 Å². The second-order valence-corrected chi connectivity index (χ2v) is 9.70. The summed E-state index contributed by atoms with van der Waals surface area (Å²) >= 11 is 0. The van der Waals surface area contributed by atoms with E-state index in [0.717, 1.165) is 10.9 Å². The molecule has 212 valence electrons. The summed E-state index contributed by atoms with van der Waals surface area (Å²) < 4.78 is 0. The number of hydrogen-bond acceptors (Lipinski definition) is 7. The zero-order valence-electron chi connectivity index (χ0n) is 21.6. The summed E-state index contributed by atoms with van der Waals surface area (Å²) in [7, 11) is 0. The number of likely N-dealkylation sites (tertiary alicyclic amines) is 1. The maximum atomic E-state index is 13.1. The average molecular weight is 545 g/mol. The average Bonchev–Trinajstić information content (AvgIpc) is 3.55. The van der Waals surface area contributed by atoms with Gasteiger partial charge in [0.05, 0.1) is 12.5 Å². The molecule has 9 N–H and O–H groups in total. The molecule has 1 aliphatic rings. The summed E-state index contributed by atoms with van der Waals surface area (Å²) in [5.41, 5.74) is 13.0. The lowest BCUT2D eigenvalue weighted by Crippen LogP contribution is -2.57. The van der Waals surface area contributed by atoms with Gasteiger partial charge in [-0.1, -0.05) is 24.6 Å². The molecule has 1 aromatic carbocycles. The highest BCUT2D eigenvalue weighted by Crippen LogP contribution is 2.21. The molecule has 4 unspecified atom stereocenters. The van der Waals surface area contributed by atoms with E-state index in [9.17, 15) is 34.2 Å². The number of carbonyl (C=O) groups excluding carboxylic acids is 3. The number of rotatable bonds is 14. The Hall–Kier alpha value is -3.97. The Labute approximate surface area is 225 Å². The zero-order chi connectivity index (χ0) is 28.5. The molecule has 1 aliphatic heterocycles. The summed E-state index contributed by atoms with van der Waals surface area (Å²) in [6, 6.07) is 2.64.